The maximum absolute atomic E-state index is 6.26. The first-order valence-electron chi connectivity index (χ1n) is 7.31. The average molecular weight is 265 g/mol. The second kappa shape index (κ2) is 4.87. The molecule has 0 aliphatic heterocycles. The van der Waals surface area contributed by atoms with E-state index in [1.807, 2.05) is 6.92 Å². The van der Waals surface area contributed by atoms with Crippen LogP contribution in [0.15, 0.2) is 4.52 Å². The molecule has 0 radical (unpaired) electrons. The third-order valence-electron chi connectivity index (χ3n) is 4.34. The molecule has 3 rings (SSSR count). The Labute approximate surface area is 113 Å². The normalized spacial score (nSPS) is 24.8. The minimum absolute atomic E-state index is 0.351. The first-order chi connectivity index (χ1) is 9.06. The van der Waals surface area contributed by atoms with Crippen molar-refractivity contribution in [3.63, 3.8) is 0 Å². The molecular weight excluding hydrogens is 242 g/mol. The summed E-state index contributed by atoms with van der Waals surface area (Å²) in [5.41, 5.74) is 5.59. The summed E-state index contributed by atoms with van der Waals surface area (Å²) in [7, 11) is 0. The first-order valence-corrected chi connectivity index (χ1v) is 7.31. The first kappa shape index (κ1) is 13.1. The molecule has 2 saturated carbocycles. The Kier molecular flexibility index (Phi) is 3.35. The van der Waals surface area contributed by atoms with Crippen LogP contribution in [0.4, 0.5) is 0 Å². The van der Waals surface area contributed by atoms with Gasteiger partial charge in [-0.25, -0.2) is 0 Å². The van der Waals surface area contributed by atoms with Gasteiger partial charge in [0.25, 0.3) is 0 Å². The second-order valence-corrected chi connectivity index (χ2v) is 6.36. The molecule has 1 aromatic rings. The van der Waals surface area contributed by atoms with Crippen LogP contribution in [0, 0.1) is 5.92 Å². The van der Waals surface area contributed by atoms with Crippen LogP contribution in [-0.4, -0.2) is 22.9 Å². The van der Waals surface area contributed by atoms with E-state index in [0.29, 0.717) is 30.4 Å². The molecule has 1 heterocycles. The zero-order chi connectivity index (χ0) is 13.5. The molecule has 106 valence electrons. The van der Waals surface area contributed by atoms with Gasteiger partial charge in [0.15, 0.2) is 5.82 Å². The van der Waals surface area contributed by atoms with Crippen molar-refractivity contribution in [1.82, 2.24) is 10.1 Å². The second-order valence-electron chi connectivity index (χ2n) is 6.36. The highest BCUT2D eigenvalue weighted by molar-refractivity contribution is 5.06. The lowest BCUT2D eigenvalue weighted by Gasteiger charge is -2.29. The number of hydrogen-bond donors (Lipinski definition) is 1. The Balaban J connectivity index is 1.62. The summed E-state index contributed by atoms with van der Waals surface area (Å²) in [4.78, 5) is 4.48. The van der Waals surface area contributed by atoms with Gasteiger partial charge in [-0.3, -0.25) is 0 Å². The van der Waals surface area contributed by atoms with Crippen LogP contribution in [0.25, 0.3) is 0 Å². The lowest BCUT2D eigenvalue weighted by Crippen LogP contribution is -2.41. The fraction of sp³-hybridized carbons (Fsp3) is 0.857. The molecule has 1 aromatic heterocycles. The fourth-order valence-corrected chi connectivity index (χ4v) is 2.34. The van der Waals surface area contributed by atoms with Crippen molar-refractivity contribution < 1.29 is 9.26 Å². The molecule has 2 aliphatic rings. The van der Waals surface area contributed by atoms with Gasteiger partial charge in [-0.15, -0.1) is 0 Å². The SMILES string of the molecule is CC(c1nc(C(C)(N)COC2CCC2)no1)C1CC1. The molecule has 2 N–H and O–H groups in total. The van der Waals surface area contributed by atoms with Gasteiger partial charge in [-0.05, 0) is 44.9 Å². The minimum Gasteiger partial charge on any atom is -0.376 e. The van der Waals surface area contributed by atoms with E-state index in [0.717, 1.165) is 18.7 Å². The van der Waals surface area contributed by atoms with Crippen LogP contribution in [0.2, 0.25) is 0 Å². The maximum Gasteiger partial charge on any atom is 0.229 e. The van der Waals surface area contributed by atoms with Crippen LogP contribution in [0.3, 0.4) is 0 Å². The van der Waals surface area contributed by atoms with Crippen LogP contribution in [0.1, 0.15) is 63.6 Å². The van der Waals surface area contributed by atoms with Crippen molar-refractivity contribution in [2.75, 3.05) is 6.61 Å². The van der Waals surface area contributed by atoms with Gasteiger partial charge < -0.3 is 15.0 Å². The number of rotatable bonds is 6. The van der Waals surface area contributed by atoms with Gasteiger partial charge >= 0.3 is 0 Å². The standard InChI is InChI=1S/C14H23N3O2/c1-9(10-6-7-10)12-16-13(17-19-12)14(2,15)8-18-11-4-3-5-11/h9-11H,3-8,15H2,1-2H3. The molecule has 5 heteroatoms. The molecule has 5 nitrogen and oxygen atoms in total. The molecule has 0 aromatic carbocycles. The quantitative estimate of drug-likeness (QED) is 0.854. The highest BCUT2D eigenvalue weighted by Gasteiger charge is 2.35. The summed E-state index contributed by atoms with van der Waals surface area (Å²) >= 11 is 0. The third-order valence-corrected chi connectivity index (χ3v) is 4.34. The summed E-state index contributed by atoms with van der Waals surface area (Å²) in [6.07, 6.45) is 6.46. The number of ether oxygens (including phenoxy) is 1. The van der Waals surface area contributed by atoms with Crippen molar-refractivity contribution in [1.29, 1.82) is 0 Å². The van der Waals surface area contributed by atoms with Gasteiger partial charge in [0.1, 0.15) is 5.54 Å². The summed E-state index contributed by atoms with van der Waals surface area (Å²) in [6.45, 7) is 4.50. The molecule has 2 fully saturated rings. The maximum atomic E-state index is 6.26. The van der Waals surface area contributed by atoms with Gasteiger partial charge in [-0.2, -0.15) is 4.98 Å². The molecule has 2 atom stereocenters. The van der Waals surface area contributed by atoms with E-state index in [1.165, 1.54) is 19.3 Å². The predicted molar refractivity (Wildman–Crippen MR) is 70.6 cm³/mol. The smallest absolute Gasteiger partial charge is 0.229 e. The topological polar surface area (TPSA) is 74.2 Å². The van der Waals surface area contributed by atoms with E-state index in [9.17, 15) is 0 Å². The molecule has 0 bridgehead atoms. The highest BCUT2D eigenvalue weighted by atomic mass is 16.5. The third kappa shape index (κ3) is 2.82. The van der Waals surface area contributed by atoms with Crippen LogP contribution in [-0.2, 0) is 10.3 Å². The van der Waals surface area contributed by atoms with Gasteiger partial charge in [0.05, 0.1) is 12.7 Å². The average Bonchev–Trinajstić information content (AvgIpc) is 3.02. The van der Waals surface area contributed by atoms with E-state index >= 15 is 0 Å². The molecule has 0 amide bonds. The minimum atomic E-state index is -0.666. The lowest BCUT2D eigenvalue weighted by molar-refractivity contribution is -0.0222. The van der Waals surface area contributed by atoms with E-state index in [4.69, 9.17) is 15.0 Å². The van der Waals surface area contributed by atoms with E-state index in [-0.39, 0.29) is 0 Å². The van der Waals surface area contributed by atoms with Crippen molar-refractivity contribution in [2.24, 2.45) is 11.7 Å². The molecule has 0 spiro atoms. The molecular formula is C14H23N3O2. The van der Waals surface area contributed by atoms with Crippen LogP contribution >= 0.6 is 0 Å². The molecule has 19 heavy (non-hydrogen) atoms. The Bertz CT molecular complexity index is 436. The molecule has 2 unspecified atom stereocenters. The van der Waals surface area contributed by atoms with Gasteiger partial charge in [-0.1, -0.05) is 12.1 Å². The summed E-state index contributed by atoms with van der Waals surface area (Å²) in [5.74, 6) is 2.35. The molecule has 2 aliphatic carbocycles. The van der Waals surface area contributed by atoms with Crippen molar-refractivity contribution in [3.8, 4) is 0 Å². The summed E-state index contributed by atoms with van der Waals surface area (Å²) in [6, 6.07) is 0. The predicted octanol–water partition coefficient (Wildman–Crippen LogP) is 2.33. The van der Waals surface area contributed by atoms with Crippen LogP contribution < -0.4 is 5.73 Å². The van der Waals surface area contributed by atoms with Crippen molar-refractivity contribution in [3.05, 3.63) is 11.7 Å². The van der Waals surface area contributed by atoms with E-state index in [1.54, 1.807) is 0 Å². The molecule has 0 saturated heterocycles. The summed E-state index contributed by atoms with van der Waals surface area (Å²) in [5, 5.41) is 4.05. The number of nitrogens with two attached hydrogens (primary N) is 1. The van der Waals surface area contributed by atoms with Crippen molar-refractivity contribution >= 4 is 0 Å². The Hall–Kier alpha value is -0.940. The van der Waals surface area contributed by atoms with Crippen LogP contribution in [0.5, 0.6) is 0 Å². The highest BCUT2D eigenvalue weighted by Crippen LogP contribution is 2.41. The van der Waals surface area contributed by atoms with Gasteiger partial charge in [0.2, 0.25) is 5.89 Å². The zero-order valence-corrected chi connectivity index (χ0v) is 11.8. The fourth-order valence-electron chi connectivity index (χ4n) is 2.34. The lowest BCUT2D eigenvalue weighted by atomic mass is 9.95. The number of nitrogens with zero attached hydrogens (tertiary/aromatic N) is 2. The number of hydrogen-bond acceptors (Lipinski definition) is 5. The Morgan fingerprint density at radius 1 is 1.42 bits per heavy atom. The van der Waals surface area contributed by atoms with Gasteiger partial charge in [0, 0.05) is 5.92 Å². The van der Waals surface area contributed by atoms with E-state index < -0.39 is 5.54 Å². The van der Waals surface area contributed by atoms with Crippen molar-refractivity contribution in [2.45, 2.75) is 63.5 Å². The monoisotopic (exact) mass is 265 g/mol. The zero-order valence-electron chi connectivity index (χ0n) is 11.8. The summed E-state index contributed by atoms with van der Waals surface area (Å²) < 4.78 is 11.1. The Morgan fingerprint density at radius 2 is 2.16 bits per heavy atom. The Morgan fingerprint density at radius 3 is 2.74 bits per heavy atom. The van der Waals surface area contributed by atoms with E-state index in [2.05, 4.69) is 17.1 Å². The largest absolute Gasteiger partial charge is 0.376 e. The number of aromatic nitrogens is 2.